The number of hydrogen-bond acceptors (Lipinski definition) is 2. The van der Waals surface area contributed by atoms with Gasteiger partial charge < -0.3 is 5.32 Å². The molecular formula is C14H25N3. The fourth-order valence-corrected chi connectivity index (χ4v) is 2.41. The molecule has 1 aromatic heterocycles. The van der Waals surface area contributed by atoms with Gasteiger partial charge in [-0.15, -0.1) is 0 Å². The normalized spacial score (nSPS) is 17.9. The van der Waals surface area contributed by atoms with E-state index < -0.39 is 0 Å². The second-order valence-corrected chi connectivity index (χ2v) is 6.26. The molecular weight excluding hydrogens is 210 g/mol. The Morgan fingerprint density at radius 3 is 2.59 bits per heavy atom. The molecule has 0 bridgehead atoms. The lowest BCUT2D eigenvalue weighted by molar-refractivity contribution is 0.423. The molecule has 1 aliphatic carbocycles. The maximum Gasteiger partial charge on any atom is 0.0638 e. The predicted octanol–water partition coefficient (Wildman–Crippen LogP) is 3.19. The van der Waals surface area contributed by atoms with Crippen LogP contribution in [0, 0.1) is 6.92 Å². The molecule has 1 saturated carbocycles. The molecule has 0 unspecified atom stereocenters. The fourth-order valence-electron chi connectivity index (χ4n) is 2.41. The van der Waals surface area contributed by atoms with E-state index in [1.807, 2.05) is 0 Å². The van der Waals surface area contributed by atoms with Gasteiger partial charge in [-0.2, -0.15) is 5.10 Å². The highest BCUT2D eigenvalue weighted by molar-refractivity contribution is 5.16. The first-order valence-corrected chi connectivity index (χ1v) is 6.75. The van der Waals surface area contributed by atoms with Crippen molar-refractivity contribution >= 4 is 0 Å². The zero-order valence-electron chi connectivity index (χ0n) is 11.6. The van der Waals surface area contributed by atoms with Crippen LogP contribution in [0.2, 0.25) is 0 Å². The van der Waals surface area contributed by atoms with Crippen molar-refractivity contribution in [1.82, 2.24) is 15.1 Å². The molecule has 96 valence electrons. The van der Waals surface area contributed by atoms with Crippen LogP contribution in [0.3, 0.4) is 0 Å². The van der Waals surface area contributed by atoms with Gasteiger partial charge in [0.25, 0.3) is 0 Å². The molecule has 2 rings (SSSR count). The van der Waals surface area contributed by atoms with E-state index in [1.54, 1.807) is 0 Å². The van der Waals surface area contributed by atoms with Crippen molar-refractivity contribution in [1.29, 1.82) is 0 Å². The average molecular weight is 235 g/mol. The Morgan fingerprint density at radius 2 is 2.00 bits per heavy atom. The van der Waals surface area contributed by atoms with E-state index in [9.17, 15) is 0 Å². The summed E-state index contributed by atoms with van der Waals surface area (Å²) >= 11 is 0. The summed E-state index contributed by atoms with van der Waals surface area (Å²) in [5.41, 5.74) is 2.68. The highest BCUT2D eigenvalue weighted by atomic mass is 15.3. The first kappa shape index (κ1) is 12.6. The van der Waals surface area contributed by atoms with Gasteiger partial charge in [-0.3, -0.25) is 4.68 Å². The van der Waals surface area contributed by atoms with Gasteiger partial charge in [-0.25, -0.2) is 0 Å². The monoisotopic (exact) mass is 235 g/mol. The lowest BCUT2D eigenvalue weighted by Crippen LogP contribution is -2.35. The molecule has 3 nitrogen and oxygen atoms in total. The Morgan fingerprint density at radius 1 is 1.35 bits per heavy atom. The van der Waals surface area contributed by atoms with Crippen LogP contribution >= 0.6 is 0 Å². The third kappa shape index (κ3) is 3.32. The molecule has 1 aromatic rings. The largest absolute Gasteiger partial charge is 0.308 e. The molecule has 17 heavy (non-hydrogen) atoms. The van der Waals surface area contributed by atoms with Crippen LogP contribution in [0.1, 0.15) is 63.8 Å². The minimum Gasteiger partial charge on any atom is -0.308 e. The van der Waals surface area contributed by atoms with Crippen molar-refractivity contribution in [2.24, 2.45) is 0 Å². The molecule has 0 radical (unpaired) electrons. The summed E-state index contributed by atoms with van der Waals surface area (Å²) in [6.45, 7) is 9.63. The maximum atomic E-state index is 4.67. The molecule has 3 heteroatoms. The minimum atomic E-state index is 0.169. The summed E-state index contributed by atoms with van der Waals surface area (Å²) in [5.74, 6) is 0. The molecule has 0 spiro atoms. The molecule has 1 N–H and O–H groups in total. The van der Waals surface area contributed by atoms with Gasteiger partial charge in [-0.05, 0) is 40.5 Å². The summed E-state index contributed by atoms with van der Waals surface area (Å²) in [6, 6.07) is 0.650. The standard InChI is InChI=1S/C14H25N3/c1-11-12(9-15-14(2,3)4)10-17(16-11)13-7-5-6-8-13/h10,13,15H,5-9H2,1-4H3. The van der Waals surface area contributed by atoms with Crippen LogP contribution in [0.15, 0.2) is 6.20 Å². The first-order chi connectivity index (χ1) is 7.96. The Kier molecular flexibility index (Phi) is 3.57. The average Bonchev–Trinajstić information content (AvgIpc) is 2.82. The summed E-state index contributed by atoms with van der Waals surface area (Å²) < 4.78 is 2.20. The molecule has 0 aliphatic heterocycles. The van der Waals surface area contributed by atoms with Gasteiger partial charge in [-0.1, -0.05) is 12.8 Å². The van der Waals surface area contributed by atoms with Crippen LogP contribution in [0.25, 0.3) is 0 Å². The van der Waals surface area contributed by atoms with Crippen LogP contribution in [-0.2, 0) is 6.54 Å². The lowest BCUT2D eigenvalue weighted by Gasteiger charge is -2.20. The Balaban J connectivity index is 2.03. The van der Waals surface area contributed by atoms with Crippen molar-refractivity contribution in [3.05, 3.63) is 17.5 Å². The summed E-state index contributed by atoms with van der Waals surface area (Å²) in [6.07, 6.45) is 7.56. The summed E-state index contributed by atoms with van der Waals surface area (Å²) in [7, 11) is 0. The predicted molar refractivity (Wildman–Crippen MR) is 71.1 cm³/mol. The maximum absolute atomic E-state index is 4.67. The van der Waals surface area contributed by atoms with Gasteiger partial charge in [0.1, 0.15) is 0 Å². The smallest absolute Gasteiger partial charge is 0.0638 e. The number of aryl methyl sites for hydroxylation is 1. The van der Waals surface area contributed by atoms with E-state index in [4.69, 9.17) is 0 Å². The molecule has 1 heterocycles. The molecule has 0 aromatic carbocycles. The molecule has 0 saturated heterocycles. The first-order valence-electron chi connectivity index (χ1n) is 6.75. The van der Waals surface area contributed by atoms with Crippen LogP contribution < -0.4 is 5.32 Å². The van der Waals surface area contributed by atoms with Gasteiger partial charge in [0.05, 0.1) is 11.7 Å². The highest BCUT2D eigenvalue weighted by Gasteiger charge is 2.19. The Labute approximate surface area is 105 Å². The van der Waals surface area contributed by atoms with Gasteiger partial charge in [0.15, 0.2) is 0 Å². The topological polar surface area (TPSA) is 29.9 Å². The van der Waals surface area contributed by atoms with Crippen LogP contribution in [0.4, 0.5) is 0 Å². The van der Waals surface area contributed by atoms with Crippen molar-refractivity contribution in [2.45, 2.75) is 71.5 Å². The molecule has 0 atom stereocenters. The van der Waals surface area contributed by atoms with E-state index in [1.165, 1.54) is 36.9 Å². The number of nitrogens with zero attached hydrogens (tertiary/aromatic N) is 2. The van der Waals surface area contributed by atoms with Crippen molar-refractivity contribution < 1.29 is 0 Å². The van der Waals surface area contributed by atoms with E-state index in [-0.39, 0.29) is 5.54 Å². The van der Waals surface area contributed by atoms with Crippen LogP contribution in [0.5, 0.6) is 0 Å². The van der Waals surface area contributed by atoms with Crippen molar-refractivity contribution in [3.63, 3.8) is 0 Å². The number of nitrogens with one attached hydrogen (secondary N) is 1. The van der Waals surface area contributed by atoms with E-state index in [0.29, 0.717) is 6.04 Å². The van der Waals surface area contributed by atoms with E-state index in [0.717, 1.165) is 6.54 Å². The molecule has 0 amide bonds. The quantitative estimate of drug-likeness (QED) is 0.872. The van der Waals surface area contributed by atoms with Gasteiger partial charge >= 0.3 is 0 Å². The summed E-state index contributed by atoms with van der Waals surface area (Å²) in [5, 5.41) is 8.20. The van der Waals surface area contributed by atoms with Gasteiger partial charge in [0.2, 0.25) is 0 Å². The number of aromatic nitrogens is 2. The minimum absolute atomic E-state index is 0.169. The Hall–Kier alpha value is -0.830. The molecule has 1 aliphatic rings. The second-order valence-electron chi connectivity index (χ2n) is 6.26. The summed E-state index contributed by atoms with van der Waals surface area (Å²) in [4.78, 5) is 0. The zero-order valence-corrected chi connectivity index (χ0v) is 11.6. The highest BCUT2D eigenvalue weighted by Crippen LogP contribution is 2.29. The van der Waals surface area contributed by atoms with Crippen molar-refractivity contribution in [2.75, 3.05) is 0 Å². The SMILES string of the molecule is Cc1nn(C2CCCC2)cc1CNC(C)(C)C. The molecule has 1 fully saturated rings. The fraction of sp³-hybridized carbons (Fsp3) is 0.786. The number of hydrogen-bond donors (Lipinski definition) is 1. The van der Waals surface area contributed by atoms with Crippen LogP contribution in [-0.4, -0.2) is 15.3 Å². The van der Waals surface area contributed by atoms with E-state index in [2.05, 4.69) is 49.0 Å². The number of rotatable bonds is 3. The third-order valence-electron chi connectivity index (χ3n) is 3.53. The zero-order chi connectivity index (χ0) is 12.5. The Bertz CT molecular complexity index is 367. The lowest BCUT2D eigenvalue weighted by atomic mass is 10.1. The third-order valence-corrected chi connectivity index (χ3v) is 3.53. The van der Waals surface area contributed by atoms with Gasteiger partial charge in [0, 0.05) is 23.8 Å². The van der Waals surface area contributed by atoms with E-state index >= 15 is 0 Å². The van der Waals surface area contributed by atoms with Crippen molar-refractivity contribution in [3.8, 4) is 0 Å². The second kappa shape index (κ2) is 4.81.